The lowest BCUT2D eigenvalue weighted by Gasteiger charge is -1.96. The molecule has 2 nitrogen and oxygen atoms in total. The van der Waals surface area contributed by atoms with Crippen LogP contribution >= 0.6 is 0 Å². The Morgan fingerprint density at radius 2 is 2.67 bits per heavy atom. The lowest BCUT2D eigenvalue weighted by atomic mass is 10.4. The van der Waals surface area contributed by atoms with Crippen molar-refractivity contribution in [2.24, 2.45) is 0 Å². The molecule has 0 aliphatic rings. The molecule has 1 aromatic rings. The standard InChI is InChI=1S/C7H10N2/c1-3-7-5-8-6-9(7)4-2/h3,5-6H,1,4H2,2H3. The van der Waals surface area contributed by atoms with Crippen LogP contribution in [0.15, 0.2) is 19.1 Å². The Morgan fingerprint density at radius 3 is 3.11 bits per heavy atom. The van der Waals surface area contributed by atoms with Gasteiger partial charge in [-0.15, -0.1) is 0 Å². The first-order chi connectivity index (χ1) is 4.38. The van der Waals surface area contributed by atoms with E-state index >= 15 is 0 Å². The van der Waals surface area contributed by atoms with Crippen LogP contribution in [0.2, 0.25) is 0 Å². The lowest BCUT2D eigenvalue weighted by Crippen LogP contribution is -1.92. The fraction of sp³-hybridized carbons (Fsp3) is 0.286. The molecule has 1 heterocycles. The van der Waals surface area contributed by atoms with Crippen LogP contribution < -0.4 is 0 Å². The van der Waals surface area contributed by atoms with Gasteiger partial charge >= 0.3 is 0 Å². The summed E-state index contributed by atoms with van der Waals surface area (Å²) in [5.74, 6) is 0. The van der Waals surface area contributed by atoms with Gasteiger partial charge < -0.3 is 4.57 Å². The molecule has 0 fully saturated rings. The zero-order valence-electron chi connectivity index (χ0n) is 5.54. The molecule has 48 valence electrons. The molecule has 0 radical (unpaired) electrons. The first-order valence-corrected chi connectivity index (χ1v) is 3.01. The van der Waals surface area contributed by atoms with Gasteiger partial charge in [0, 0.05) is 6.54 Å². The number of hydrogen-bond donors (Lipinski definition) is 0. The van der Waals surface area contributed by atoms with Gasteiger partial charge in [-0.2, -0.15) is 0 Å². The van der Waals surface area contributed by atoms with Crippen LogP contribution in [-0.2, 0) is 6.54 Å². The van der Waals surface area contributed by atoms with Gasteiger partial charge in [-0.3, -0.25) is 0 Å². The average Bonchev–Trinajstić information content (AvgIpc) is 2.33. The molecule has 0 unspecified atom stereocenters. The summed E-state index contributed by atoms with van der Waals surface area (Å²) in [6, 6.07) is 0. The highest BCUT2D eigenvalue weighted by Crippen LogP contribution is 1.98. The van der Waals surface area contributed by atoms with Gasteiger partial charge in [-0.05, 0) is 13.0 Å². The Morgan fingerprint density at radius 1 is 1.89 bits per heavy atom. The van der Waals surface area contributed by atoms with Crippen molar-refractivity contribution in [3.63, 3.8) is 0 Å². The van der Waals surface area contributed by atoms with E-state index in [2.05, 4.69) is 18.5 Å². The van der Waals surface area contributed by atoms with Crippen molar-refractivity contribution in [3.05, 3.63) is 24.8 Å². The van der Waals surface area contributed by atoms with Crippen LogP contribution in [0.1, 0.15) is 12.6 Å². The second-order valence-corrected chi connectivity index (χ2v) is 1.81. The number of aryl methyl sites for hydroxylation is 1. The minimum Gasteiger partial charge on any atom is -0.331 e. The third kappa shape index (κ3) is 1.02. The summed E-state index contributed by atoms with van der Waals surface area (Å²) >= 11 is 0. The first kappa shape index (κ1) is 6.08. The zero-order chi connectivity index (χ0) is 6.69. The monoisotopic (exact) mass is 122 g/mol. The first-order valence-electron chi connectivity index (χ1n) is 3.01. The van der Waals surface area contributed by atoms with Crippen molar-refractivity contribution in [1.82, 2.24) is 9.55 Å². The summed E-state index contributed by atoms with van der Waals surface area (Å²) in [5, 5.41) is 0. The molecule has 0 saturated heterocycles. The van der Waals surface area contributed by atoms with E-state index in [0.717, 1.165) is 12.2 Å². The summed E-state index contributed by atoms with van der Waals surface area (Å²) in [6.07, 6.45) is 5.41. The predicted molar refractivity (Wildman–Crippen MR) is 38.0 cm³/mol. The molecule has 0 aliphatic carbocycles. The molecule has 0 N–H and O–H groups in total. The van der Waals surface area contributed by atoms with E-state index in [9.17, 15) is 0 Å². The van der Waals surface area contributed by atoms with Gasteiger partial charge in [0.2, 0.25) is 0 Å². The summed E-state index contributed by atoms with van der Waals surface area (Å²) < 4.78 is 2.03. The largest absolute Gasteiger partial charge is 0.331 e. The van der Waals surface area contributed by atoms with Crippen molar-refractivity contribution >= 4 is 6.08 Å². The van der Waals surface area contributed by atoms with Crippen molar-refractivity contribution in [1.29, 1.82) is 0 Å². The Kier molecular flexibility index (Phi) is 1.68. The molecular formula is C7H10N2. The molecule has 0 aromatic carbocycles. The summed E-state index contributed by atoms with van der Waals surface area (Å²) in [4.78, 5) is 3.96. The Bertz CT molecular complexity index is 200. The van der Waals surface area contributed by atoms with Gasteiger partial charge in [0.05, 0.1) is 18.2 Å². The van der Waals surface area contributed by atoms with E-state index in [1.165, 1.54) is 0 Å². The van der Waals surface area contributed by atoms with Gasteiger partial charge in [0.15, 0.2) is 0 Å². The van der Waals surface area contributed by atoms with Crippen molar-refractivity contribution < 1.29 is 0 Å². The smallest absolute Gasteiger partial charge is 0.0950 e. The topological polar surface area (TPSA) is 17.8 Å². The van der Waals surface area contributed by atoms with Gasteiger partial charge in [0.1, 0.15) is 0 Å². The Balaban J connectivity index is 2.98. The van der Waals surface area contributed by atoms with Crippen molar-refractivity contribution in [3.8, 4) is 0 Å². The molecule has 9 heavy (non-hydrogen) atoms. The van der Waals surface area contributed by atoms with Crippen molar-refractivity contribution in [2.75, 3.05) is 0 Å². The molecule has 1 rings (SSSR count). The number of rotatable bonds is 2. The predicted octanol–water partition coefficient (Wildman–Crippen LogP) is 1.55. The van der Waals surface area contributed by atoms with E-state index in [4.69, 9.17) is 0 Å². The fourth-order valence-corrected chi connectivity index (χ4v) is 0.765. The van der Waals surface area contributed by atoms with Gasteiger partial charge in [0.25, 0.3) is 0 Å². The maximum Gasteiger partial charge on any atom is 0.0950 e. The number of hydrogen-bond acceptors (Lipinski definition) is 1. The normalized spacial score (nSPS) is 9.44. The Hall–Kier alpha value is -1.05. The second-order valence-electron chi connectivity index (χ2n) is 1.81. The summed E-state index contributed by atoms with van der Waals surface area (Å²) in [6.45, 7) is 6.69. The van der Waals surface area contributed by atoms with E-state index < -0.39 is 0 Å². The quantitative estimate of drug-likeness (QED) is 0.582. The molecule has 0 aliphatic heterocycles. The molecule has 0 atom stereocenters. The van der Waals surface area contributed by atoms with Crippen LogP contribution in [-0.4, -0.2) is 9.55 Å². The van der Waals surface area contributed by atoms with E-state index in [0.29, 0.717) is 0 Å². The zero-order valence-corrected chi connectivity index (χ0v) is 5.54. The minimum atomic E-state index is 0.960. The summed E-state index contributed by atoms with van der Waals surface area (Å²) in [5.41, 5.74) is 1.08. The van der Waals surface area contributed by atoms with Gasteiger partial charge in [-0.1, -0.05) is 6.58 Å². The number of aromatic nitrogens is 2. The molecule has 1 aromatic heterocycles. The minimum absolute atomic E-state index is 0.960. The lowest BCUT2D eigenvalue weighted by molar-refractivity contribution is 0.754. The average molecular weight is 122 g/mol. The molecule has 0 spiro atoms. The van der Waals surface area contributed by atoms with Crippen LogP contribution in [0.25, 0.3) is 6.08 Å². The van der Waals surface area contributed by atoms with Gasteiger partial charge in [-0.25, -0.2) is 4.98 Å². The maximum atomic E-state index is 3.96. The fourth-order valence-electron chi connectivity index (χ4n) is 0.765. The molecule has 0 amide bonds. The second kappa shape index (κ2) is 2.49. The SMILES string of the molecule is C=Cc1cncn1CC. The van der Waals surface area contributed by atoms with E-state index in [-0.39, 0.29) is 0 Å². The van der Waals surface area contributed by atoms with Crippen LogP contribution in [0.5, 0.6) is 0 Å². The van der Waals surface area contributed by atoms with Crippen molar-refractivity contribution in [2.45, 2.75) is 13.5 Å². The molecule has 2 heteroatoms. The third-order valence-electron chi connectivity index (χ3n) is 1.29. The highest BCUT2D eigenvalue weighted by molar-refractivity contribution is 5.40. The highest BCUT2D eigenvalue weighted by atomic mass is 15.0. The number of imidazole rings is 1. The molecule has 0 saturated carbocycles. The van der Waals surface area contributed by atoms with Crippen LogP contribution in [0, 0.1) is 0 Å². The highest BCUT2D eigenvalue weighted by Gasteiger charge is 1.91. The number of nitrogens with zero attached hydrogens (tertiary/aromatic N) is 2. The molecule has 0 bridgehead atoms. The van der Waals surface area contributed by atoms with Crippen LogP contribution in [0.4, 0.5) is 0 Å². The van der Waals surface area contributed by atoms with E-state index in [1.807, 2.05) is 4.57 Å². The van der Waals surface area contributed by atoms with Crippen LogP contribution in [0.3, 0.4) is 0 Å². The third-order valence-corrected chi connectivity index (χ3v) is 1.29. The maximum absolute atomic E-state index is 3.96. The van der Waals surface area contributed by atoms with E-state index in [1.54, 1.807) is 18.6 Å². The molecular weight excluding hydrogens is 112 g/mol. The Labute approximate surface area is 54.8 Å². The summed E-state index contributed by atoms with van der Waals surface area (Å²) in [7, 11) is 0.